The molecule has 6 nitrogen and oxygen atoms in total. The quantitative estimate of drug-likeness (QED) is 0.885. The van der Waals surface area contributed by atoms with Crippen molar-refractivity contribution in [3.63, 3.8) is 0 Å². The van der Waals surface area contributed by atoms with Gasteiger partial charge in [-0.2, -0.15) is 0 Å². The van der Waals surface area contributed by atoms with Crippen molar-refractivity contribution < 1.29 is 4.79 Å². The average molecular weight is 304 g/mol. The lowest BCUT2D eigenvalue weighted by atomic mass is 9.94. The number of likely N-dealkylation sites (tertiary alicyclic amines) is 1. The van der Waals surface area contributed by atoms with Crippen LogP contribution >= 0.6 is 0 Å². The number of nitrogens with one attached hydrogen (secondary N) is 1. The molecule has 0 aromatic carbocycles. The highest BCUT2D eigenvalue weighted by Crippen LogP contribution is 2.22. The summed E-state index contributed by atoms with van der Waals surface area (Å²) in [6, 6.07) is 0.0538. The minimum atomic E-state index is 0.0538. The molecule has 1 unspecified atom stereocenters. The van der Waals surface area contributed by atoms with E-state index in [9.17, 15) is 9.59 Å². The molecule has 1 aromatic heterocycles. The van der Waals surface area contributed by atoms with Crippen LogP contribution < -0.4 is 10.9 Å². The monoisotopic (exact) mass is 304 g/mol. The van der Waals surface area contributed by atoms with Crippen molar-refractivity contribution in [2.75, 3.05) is 19.6 Å². The van der Waals surface area contributed by atoms with E-state index >= 15 is 0 Å². The Hall–Kier alpha value is -1.69. The molecule has 1 aromatic rings. The molecule has 2 saturated heterocycles. The van der Waals surface area contributed by atoms with Crippen LogP contribution in [0.4, 0.5) is 0 Å². The van der Waals surface area contributed by atoms with E-state index in [1.165, 1.54) is 0 Å². The molecule has 0 spiro atoms. The molecule has 3 rings (SSSR count). The third kappa shape index (κ3) is 3.21. The summed E-state index contributed by atoms with van der Waals surface area (Å²) < 4.78 is 1.73. The highest BCUT2D eigenvalue weighted by molar-refractivity contribution is 5.82. The minimum absolute atomic E-state index is 0.0538. The van der Waals surface area contributed by atoms with E-state index in [1.807, 2.05) is 0 Å². The Morgan fingerprint density at radius 3 is 2.77 bits per heavy atom. The zero-order chi connectivity index (χ0) is 15.5. The standard InChI is InChI=1S/C16H24N4O2/c1-12-9-17-11-20(16(12)22)10-13-4-7-19(8-5-13)14-3-2-6-18-15(14)21/h9,11,13-14H,2-8,10H2,1H3,(H,18,21). The molecule has 1 N–H and O–H groups in total. The highest BCUT2D eigenvalue weighted by atomic mass is 16.2. The highest BCUT2D eigenvalue weighted by Gasteiger charge is 2.31. The maximum atomic E-state index is 12.1. The van der Waals surface area contributed by atoms with Crippen molar-refractivity contribution >= 4 is 5.91 Å². The van der Waals surface area contributed by atoms with E-state index in [1.54, 1.807) is 24.0 Å². The summed E-state index contributed by atoms with van der Waals surface area (Å²) in [6.07, 6.45) is 7.35. The second kappa shape index (κ2) is 6.60. The number of nitrogens with zero attached hydrogens (tertiary/aromatic N) is 3. The minimum Gasteiger partial charge on any atom is -0.355 e. The molecule has 0 saturated carbocycles. The summed E-state index contributed by atoms with van der Waals surface area (Å²) >= 11 is 0. The second-order valence-electron chi connectivity index (χ2n) is 6.46. The van der Waals surface area contributed by atoms with Gasteiger partial charge in [0.1, 0.15) is 0 Å². The smallest absolute Gasteiger partial charge is 0.256 e. The number of carbonyl (C=O) groups excluding carboxylic acids is 1. The van der Waals surface area contributed by atoms with Crippen LogP contribution in [-0.2, 0) is 11.3 Å². The lowest BCUT2D eigenvalue weighted by molar-refractivity contribution is -0.128. The molecule has 22 heavy (non-hydrogen) atoms. The molecule has 2 aliphatic heterocycles. The first kappa shape index (κ1) is 15.2. The fourth-order valence-corrected chi connectivity index (χ4v) is 3.52. The van der Waals surface area contributed by atoms with Crippen molar-refractivity contribution in [3.05, 3.63) is 28.4 Å². The van der Waals surface area contributed by atoms with Gasteiger partial charge in [0.15, 0.2) is 0 Å². The molecule has 6 heteroatoms. The Kier molecular flexibility index (Phi) is 4.57. The third-order valence-electron chi connectivity index (χ3n) is 4.87. The van der Waals surface area contributed by atoms with E-state index in [0.717, 1.165) is 51.9 Å². The normalized spacial score (nSPS) is 24.2. The zero-order valence-electron chi connectivity index (χ0n) is 13.1. The fraction of sp³-hybridized carbons (Fsp3) is 0.688. The first-order chi connectivity index (χ1) is 10.6. The van der Waals surface area contributed by atoms with Gasteiger partial charge in [0.2, 0.25) is 5.91 Å². The molecule has 1 amide bonds. The van der Waals surface area contributed by atoms with Gasteiger partial charge in [-0.05, 0) is 51.6 Å². The van der Waals surface area contributed by atoms with Crippen LogP contribution in [0.3, 0.4) is 0 Å². The number of piperidine rings is 2. The van der Waals surface area contributed by atoms with Crippen LogP contribution in [0.2, 0.25) is 0 Å². The van der Waals surface area contributed by atoms with Crippen molar-refractivity contribution in [3.8, 4) is 0 Å². The van der Waals surface area contributed by atoms with Gasteiger partial charge >= 0.3 is 0 Å². The topological polar surface area (TPSA) is 67.2 Å². The fourth-order valence-electron chi connectivity index (χ4n) is 3.52. The van der Waals surface area contributed by atoms with Gasteiger partial charge in [0, 0.05) is 24.8 Å². The van der Waals surface area contributed by atoms with Gasteiger partial charge in [-0.1, -0.05) is 0 Å². The van der Waals surface area contributed by atoms with Crippen LogP contribution in [0, 0.1) is 12.8 Å². The van der Waals surface area contributed by atoms with Crippen molar-refractivity contribution in [1.82, 2.24) is 19.8 Å². The first-order valence-electron chi connectivity index (χ1n) is 8.18. The summed E-state index contributed by atoms with van der Waals surface area (Å²) in [4.78, 5) is 30.4. The van der Waals surface area contributed by atoms with Crippen molar-refractivity contribution in [2.45, 2.75) is 45.2 Å². The van der Waals surface area contributed by atoms with Crippen LogP contribution in [0.1, 0.15) is 31.2 Å². The molecule has 3 heterocycles. The number of rotatable bonds is 3. The summed E-state index contributed by atoms with van der Waals surface area (Å²) in [5.41, 5.74) is 0.753. The summed E-state index contributed by atoms with van der Waals surface area (Å²) in [5.74, 6) is 0.674. The lowest BCUT2D eigenvalue weighted by Gasteiger charge is -2.38. The molecular formula is C16H24N4O2. The molecule has 120 valence electrons. The van der Waals surface area contributed by atoms with E-state index < -0.39 is 0 Å². The summed E-state index contributed by atoms with van der Waals surface area (Å²) in [6.45, 7) is 5.23. The van der Waals surface area contributed by atoms with Gasteiger partial charge in [0.05, 0.1) is 12.4 Å². The number of hydrogen-bond donors (Lipinski definition) is 1. The number of carbonyl (C=O) groups is 1. The number of aromatic nitrogens is 2. The predicted molar refractivity (Wildman–Crippen MR) is 83.6 cm³/mol. The number of hydrogen-bond acceptors (Lipinski definition) is 4. The number of amides is 1. The van der Waals surface area contributed by atoms with E-state index in [-0.39, 0.29) is 17.5 Å². The lowest BCUT2D eigenvalue weighted by Crippen LogP contribution is -2.52. The van der Waals surface area contributed by atoms with Gasteiger partial charge in [-0.25, -0.2) is 4.98 Å². The second-order valence-corrected chi connectivity index (χ2v) is 6.46. The molecule has 2 fully saturated rings. The first-order valence-corrected chi connectivity index (χ1v) is 8.18. The molecule has 0 bridgehead atoms. The maximum Gasteiger partial charge on any atom is 0.256 e. The van der Waals surface area contributed by atoms with E-state index in [2.05, 4.69) is 15.2 Å². The van der Waals surface area contributed by atoms with E-state index in [4.69, 9.17) is 0 Å². The Bertz CT molecular complexity index is 590. The largest absolute Gasteiger partial charge is 0.355 e. The molecule has 2 aliphatic rings. The predicted octanol–water partition coefficient (Wildman–Crippen LogP) is 0.542. The summed E-state index contributed by atoms with van der Waals surface area (Å²) in [7, 11) is 0. The maximum absolute atomic E-state index is 12.1. The Morgan fingerprint density at radius 2 is 2.05 bits per heavy atom. The van der Waals surface area contributed by atoms with Crippen molar-refractivity contribution in [2.24, 2.45) is 5.92 Å². The van der Waals surface area contributed by atoms with Crippen LogP contribution in [-0.4, -0.2) is 46.0 Å². The van der Waals surface area contributed by atoms with Crippen LogP contribution in [0.5, 0.6) is 0 Å². The van der Waals surface area contributed by atoms with Gasteiger partial charge < -0.3 is 5.32 Å². The number of aryl methyl sites for hydroxylation is 1. The van der Waals surface area contributed by atoms with Gasteiger partial charge in [-0.15, -0.1) is 0 Å². The van der Waals surface area contributed by atoms with Crippen molar-refractivity contribution in [1.29, 1.82) is 0 Å². The Balaban J connectivity index is 1.56. The molecular weight excluding hydrogens is 280 g/mol. The Morgan fingerprint density at radius 1 is 1.27 bits per heavy atom. The molecule has 1 atom stereocenters. The van der Waals surface area contributed by atoms with Gasteiger partial charge in [-0.3, -0.25) is 19.1 Å². The SMILES string of the molecule is Cc1cncn(CC2CCN(C3CCCNC3=O)CC2)c1=O. The van der Waals surface area contributed by atoms with Crippen LogP contribution in [0.15, 0.2) is 17.3 Å². The van der Waals surface area contributed by atoms with Crippen LogP contribution in [0.25, 0.3) is 0 Å². The average Bonchev–Trinajstić information content (AvgIpc) is 2.53. The Labute approximate surface area is 130 Å². The zero-order valence-corrected chi connectivity index (χ0v) is 13.1. The third-order valence-corrected chi connectivity index (χ3v) is 4.87. The molecule has 0 radical (unpaired) electrons. The van der Waals surface area contributed by atoms with Gasteiger partial charge in [0.25, 0.3) is 5.56 Å². The molecule has 0 aliphatic carbocycles. The summed E-state index contributed by atoms with van der Waals surface area (Å²) in [5, 5.41) is 2.96. The van der Waals surface area contributed by atoms with E-state index in [0.29, 0.717) is 11.5 Å².